The third-order valence-electron chi connectivity index (χ3n) is 10.4. The van der Waals surface area contributed by atoms with E-state index >= 15 is 0 Å². The second-order valence-electron chi connectivity index (χ2n) is 14.8. The first-order valence-electron chi connectivity index (χ1n) is 19.9. The summed E-state index contributed by atoms with van der Waals surface area (Å²) >= 11 is 0. The summed E-state index contributed by atoms with van der Waals surface area (Å²) in [7, 11) is 0. The molecule has 24 nitrogen and oxygen atoms in total. The molecule has 0 aromatic heterocycles. The maximum absolute atomic E-state index is 13.9. The molecule has 3 amide bonds. The van der Waals surface area contributed by atoms with Gasteiger partial charge in [-0.25, -0.2) is 0 Å². The van der Waals surface area contributed by atoms with Gasteiger partial charge in [-0.1, -0.05) is 6.92 Å². The molecule has 0 saturated carbocycles. The van der Waals surface area contributed by atoms with Crippen LogP contribution in [0.3, 0.4) is 0 Å². The fraction of sp³-hybridized carbons (Fsp3) is 0.889. The predicted octanol–water partition coefficient (Wildman–Crippen LogP) is -7.22. The molecular formula is C36H63N3O21. The quantitative estimate of drug-likeness (QED) is 0.0401. The highest BCUT2D eigenvalue weighted by atomic mass is 16.7. The van der Waals surface area contributed by atoms with Crippen molar-refractivity contribution < 1.29 is 104 Å². The van der Waals surface area contributed by atoms with Crippen molar-refractivity contribution in [2.75, 3.05) is 65.8 Å². The molecule has 0 aliphatic carbocycles. The van der Waals surface area contributed by atoms with Crippen LogP contribution < -0.4 is 5.32 Å². The van der Waals surface area contributed by atoms with Gasteiger partial charge >= 0.3 is 0 Å². The van der Waals surface area contributed by atoms with Gasteiger partial charge in [0.2, 0.25) is 17.7 Å². The summed E-state index contributed by atoms with van der Waals surface area (Å²) < 4.78 is 32.6. The number of rotatable bonds is 24. The highest BCUT2D eigenvalue weighted by molar-refractivity contribution is 5.89. The Bertz CT molecular complexity index is 1290. The molecule has 3 fully saturated rings. The summed E-state index contributed by atoms with van der Waals surface area (Å²) in [5, 5.41) is 113. The van der Waals surface area contributed by atoms with Crippen molar-refractivity contribution in [1.29, 1.82) is 0 Å². The molecule has 0 aromatic rings. The second kappa shape index (κ2) is 25.5. The Hall–Kier alpha value is -2.60. The summed E-state index contributed by atoms with van der Waals surface area (Å²) in [6.45, 7) is -1.39. The van der Waals surface area contributed by atoms with Crippen molar-refractivity contribution in [2.24, 2.45) is 0 Å². The van der Waals surface area contributed by atoms with Gasteiger partial charge in [0.15, 0.2) is 18.9 Å². The lowest BCUT2D eigenvalue weighted by Crippen LogP contribution is -2.59. The number of carbonyl (C=O) groups is 4. The van der Waals surface area contributed by atoms with Crippen LogP contribution in [0.4, 0.5) is 0 Å². The number of amides is 3. The summed E-state index contributed by atoms with van der Waals surface area (Å²) in [6.07, 6.45) is -21.6. The molecule has 3 saturated heterocycles. The van der Waals surface area contributed by atoms with Crippen LogP contribution in [0.25, 0.3) is 0 Å². The first-order valence-corrected chi connectivity index (χ1v) is 19.9. The Kier molecular flexibility index (Phi) is 22.0. The van der Waals surface area contributed by atoms with Gasteiger partial charge in [0.05, 0.1) is 39.1 Å². The summed E-state index contributed by atoms with van der Waals surface area (Å²) in [5.41, 5.74) is 0. The van der Waals surface area contributed by atoms with E-state index in [0.29, 0.717) is 12.8 Å². The molecule has 0 spiro atoms. The fourth-order valence-electron chi connectivity index (χ4n) is 6.50. The molecule has 12 N–H and O–H groups in total. The van der Waals surface area contributed by atoms with Crippen LogP contribution in [0.15, 0.2) is 0 Å². The largest absolute Gasteiger partial charge is 0.394 e. The van der Waals surface area contributed by atoms with Gasteiger partial charge in [-0.05, 0) is 19.8 Å². The molecule has 15 atom stereocenters. The maximum Gasteiger partial charge on any atom is 0.242 e. The Morgan fingerprint density at radius 2 is 1.03 bits per heavy atom. The Balaban J connectivity index is 1.70. The zero-order valence-corrected chi connectivity index (χ0v) is 33.7. The third kappa shape index (κ3) is 14.8. The zero-order valence-electron chi connectivity index (χ0n) is 33.7. The van der Waals surface area contributed by atoms with E-state index in [9.17, 15) is 75.3 Å². The van der Waals surface area contributed by atoms with E-state index < -0.39 is 149 Å². The van der Waals surface area contributed by atoms with Crippen LogP contribution in [0.1, 0.15) is 46.0 Å². The van der Waals surface area contributed by atoms with Crippen LogP contribution in [-0.2, 0) is 47.6 Å². The van der Waals surface area contributed by atoms with Crippen LogP contribution >= 0.6 is 0 Å². The number of unbranched alkanes of at least 4 members (excludes halogenated alkanes) is 1. The third-order valence-corrected chi connectivity index (χ3v) is 10.4. The van der Waals surface area contributed by atoms with E-state index in [1.165, 1.54) is 6.92 Å². The highest BCUT2D eigenvalue weighted by Gasteiger charge is 2.46. The van der Waals surface area contributed by atoms with Gasteiger partial charge in [-0.3, -0.25) is 19.2 Å². The van der Waals surface area contributed by atoms with Crippen molar-refractivity contribution >= 4 is 23.5 Å². The summed E-state index contributed by atoms with van der Waals surface area (Å²) in [4.78, 5) is 54.3. The molecular weight excluding hydrogens is 810 g/mol. The Labute approximate surface area is 346 Å². The van der Waals surface area contributed by atoms with Crippen molar-refractivity contribution in [2.45, 2.75) is 138 Å². The standard InChI is InChI=1S/C36H63N3O21/c1-3-19(42)6-4-5-7-23(44)39(14-22(43)37-8-11-55-34-31(52)28(49)25(46)18(2)58-34)15-24(45)38(9-12-56-35-32(53)29(50)26(47)20(16-40)59-35)10-13-57-36-33(54)30(51)27(48)21(17-41)60-36/h18,20-21,25-36,40-41,46-54H,3-17H2,1-2H3,(H,37,43)/t18-,20+,21+,25+,26+,27+,28+,29-,30-,31-,32-,33-,34+,35?,36?/m0/s1. The maximum atomic E-state index is 13.9. The average Bonchev–Trinajstić information content (AvgIpc) is 3.23. The lowest BCUT2D eigenvalue weighted by molar-refractivity contribution is -0.303. The van der Waals surface area contributed by atoms with Crippen molar-refractivity contribution in [3.63, 3.8) is 0 Å². The SMILES string of the molecule is CCC(=O)CCCCC(=O)N(CC(=O)NCCO[C@@H]1O[C@@H](C)[C@@H](O)[C@@H](O)[C@@H]1O)CC(=O)N(CCOC1O[C@H](CO)[C@@H](O)[C@H](O)[C@@H]1O)CCOC1O[C@H](CO)[C@@H](O)[C@H](O)[C@@H]1O. The van der Waals surface area contributed by atoms with Gasteiger partial charge < -0.3 is 99.7 Å². The molecule has 348 valence electrons. The minimum atomic E-state index is -1.76. The first-order chi connectivity index (χ1) is 28.4. The zero-order chi connectivity index (χ0) is 44.7. The van der Waals surface area contributed by atoms with Crippen molar-refractivity contribution in [3.8, 4) is 0 Å². The van der Waals surface area contributed by atoms with E-state index in [0.717, 1.165) is 9.80 Å². The molecule has 60 heavy (non-hydrogen) atoms. The average molecular weight is 874 g/mol. The number of nitrogens with one attached hydrogen (secondary N) is 1. The van der Waals surface area contributed by atoms with Gasteiger partial charge in [0.1, 0.15) is 86.0 Å². The number of aliphatic hydroxyl groups is 11. The predicted molar refractivity (Wildman–Crippen MR) is 198 cm³/mol. The number of ketones is 1. The lowest BCUT2D eigenvalue weighted by atomic mass is 9.99. The molecule has 3 aliphatic rings. The van der Waals surface area contributed by atoms with Crippen LogP contribution in [0.5, 0.6) is 0 Å². The van der Waals surface area contributed by atoms with Crippen LogP contribution in [-0.4, -0.2) is 247 Å². The number of hydrogen-bond acceptors (Lipinski definition) is 21. The van der Waals surface area contributed by atoms with Gasteiger partial charge in [-0.15, -0.1) is 0 Å². The number of nitrogens with zero attached hydrogens (tertiary/aromatic N) is 2. The van der Waals surface area contributed by atoms with Crippen molar-refractivity contribution in [1.82, 2.24) is 15.1 Å². The topological polar surface area (TPSA) is 365 Å². The second-order valence-corrected chi connectivity index (χ2v) is 14.8. The van der Waals surface area contributed by atoms with Gasteiger partial charge in [0, 0.05) is 38.9 Å². The highest BCUT2D eigenvalue weighted by Crippen LogP contribution is 2.24. The Morgan fingerprint density at radius 1 is 0.567 bits per heavy atom. The van der Waals surface area contributed by atoms with E-state index in [4.69, 9.17) is 28.4 Å². The van der Waals surface area contributed by atoms with Crippen LogP contribution in [0, 0.1) is 0 Å². The smallest absolute Gasteiger partial charge is 0.242 e. The Morgan fingerprint density at radius 3 is 1.53 bits per heavy atom. The molecule has 0 aromatic carbocycles. The monoisotopic (exact) mass is 873 g/mol. The number of ether oxygens (including phenoxy) is 6. The molecule has 0 bridgehead atoms. The normalized spacial score (nSPS) is 34.5. The summed E-state index contributed by atoms with van der Waals surface area (Å²) in [6, 6.07) is 0. The molecule has 0 radical (unpaired) electrons. The van der Waals surface area contributed by atoms with E-state index in [-0.39, 0.29) is 51.3 Å². The van der Waals surface area contributed by atoms with Crippen molar-refractivity contribution in [3.05, 3.63) is 0 Å². The van der Waals surface area contributed by atoms with Gasteiger partial charge in [0.25, 0.3) is 0 Å². The minimum Gasteiger partial charge on any atom is -0.394 e. The molecule has 2 unspecified atom stereocenters. The lowest BCUT2D eigenvalue weighted by Gasteiger charge is -2.40. The van der Waals surface area contributed by atoms with E-state index in [2.05, 4.69) is 5.32 Å². The molecule has 3 rings (SSSR count). The summed E-state index contributed by atoms with van der Waals surface area (Å²) in [5.74, 6) is -2.11. The number of Topliss-reactive ketones (excluding diaryl/α,β-unsaturated/α-hetero) is 1. The first kappa shape index (κ1) is 51.7. The van der Waals surface area contributed by atoms with Crippen LogP contribution in [0.2, 0.25) is 0 Å². The fourth-order valence-corrected chi connectivity index (χ4v) is 6.50. The van der Waals surface area contributed by atoms with E-state index in [1.54, 1.807) is 6.92 Å². The number of carbonyl (C=O) groups excluding carboxylic acids is 4. The molecule has 24 heteroatoms. The number of aliphatic hydroxyl groups excluding tert-OH is 11. The minimum absolute atomic E-state index is 0.00474. The molecule has 3 heterocycles. The number of hydrogen-bond donors (Lipinski definition) is 12. The van der Waals surface area contributed by atoms with Gasteiger partial charge in [-0.2, -0.15) is 0 Å². The van der Waals surface area contributed by atoms with E-state index in [1.807, 2.05) is 0 Å². The molecule has 3 aliphatic heterocycles.